The number of furan rings is 1. The third kappa shape index (κ3) is 2.82. The number of aromatic nitrogens is 2. The Bertz CT molecular complexity index is 2390. The molecule has 0 radical (unpaired) electrons. The van der Waals surface area contributed by atoms with Crippen molar-refractivity contribution in [3.05, 3.63) is 133 Å². The van der Waals surface area contributed by atoms with Crippen molar-refractivity contribution in [2.45, 2.75) is 0 Å². The van der Waals surface area contributed by atoms with Gasteiger partial charge >= 0.3 is 0 Å². The van der Waals surface area contributed by atoms with Gasteiger partial charge in [0.2, 0.25) is 0 Å². The molecule has 0 amide bonds. The Balaban J connectivity index is 1.39. The van der Waals surface area contributed by atoms with Gasteiger partial charge in [-0.3, -0.25) is 0 Å². The molecule has 9 aromatic rings. The Labute approximate surface area is 223 Å². The van der Waals surface area contributed by atoms with Crippen LogP contribution in [-0.2, 0) is 0 Å². The lowest BCUT2D eigenvalue weighted by atomic mass is 10.1. The Kier molecular flexibility index (Phi) is 4.05. The highest BCUT2D eigenvalue weighted by molar-refractivity contribution is 6.17. The van der Waals surface area contributed by atoms with Crippen LogP contribution in [0.15, 0.2) is 138 Å². The lowest BCUT2D eigenvalue weighted by Crippen LogP contribution is -1.95. The number of para-hydroxylation sites is 4. The molecule has 0 fully saturated rings. The van der Waals surface area contributed by atoms with Crippen molar-refractivity contribution in [1.82, 2.24) is 9.13 Å². The smallest absolute Gasteiger partial charge is 0.136 e. The van der Waals surface area contributed by atoms with Crippen LogP contribution in [0.2, 0.25) is 0 Å². The molecule has 3 nitrogen and oxygen atoms in total. The number of hydrogen-bond acceptors (Lipinski definition) is 1. The minimum Gasteiger partial charge on any atom is -0.456 e. The largest absolute Gasteiger partial charge is 0.456 e. The summed E-state index contributed by atoms with van der Waals surface area (Å²) >= 11 is 0. The summed E-state index contributed by atoms with van der Waals surface area (Å²) in [6.45, 7) is 0. The number of benzene rings is 6. The van der Waals surface area contributed by atoms with E-state index in [1.807, 2.05) is 12.1 Å². The maximum Gasteiger partial charge on any atom is 0.136 e. The van der Waals surface area contributed by atoms with Crippen LogP contribution in [0.5, 0.6) is 0 Å². The second-order valence-electron chi connectivity index (χ2n) is 10.2. The van der Waals surface area contributed by atoms with Gasteiger partial charge in [-0.25, -0.2) is 0 Å². The highest BCUT2D eigenvalue weighted by Crippen LogP contribution is 2.39. The van der Waals surface area contributed by atoms with E-state index in [0.29, 0.717) is 0 Å². The van der Waals surface area contributed by atoms with Gasteiger partial charge in [-0.15, -0.1) is 0 Å². The Morgan fingerprint density at radius 3 is 1.69 bits per heavy atom. The van der Waals surface area contributed by atoms with Gasteiger partial charge < -0.3 is 13.6 Å². The van der Waals surface area contributed by atoms with E-state index in [-0.39, 0.29) is 0 Å². The molecule has 0 atom stereocenters. The van der Waals surface area contributed by atoms with E-state index in [1.54, 1.807) is 0 Å². The fourth-order valence-electron chi connectivity index (χ4n) is 6.42. The maximum absolute atomic E-state index is 6.26. The zero-order chi connectivity index (χ0) is 25.5. The molecule has 0 bridgehead atoms. The number of nitrogens with zero attached hydrogens (tertiary/aromatic N) is 2. The summed E-state index contributed by atoms with van der Waals surface area (Å²) in [7, 11) is 0. The molecule has 0 spiro atoms. The van der Waals surface area contributed by atoms with Gasteiger partial charge in [0.05, 0.1) is 22.1 Å². The highest BCUT2D eigenvalue weighted by Gasteiger charge is 2.18. The summed E-state index contributed by atoms with van der Waals surface area (Å²) in [5.41, 5.74) is 8.95. The van der Waals surface area contributed by atoms with Crippen molar-refractivity contribution in [2.24, 2.45) is 0 Å². The molecule has 39 heavy (non-hydrogen) atoms. The molecule has 0 saturated carbocycles. The average molecular weight is 499 g/mol. The van der Waals surface area contributed by atoms with Gasteiger partial charge in [0.25, 0.3) is 0 Å². The van der Waals surface area contributed by atoms with E-state index in [0.717, 1.165) is 27.6 Å². The second kappa shape index (κ2) is 7.62. The molecule has 3 heteroatoms. The first-order chi connectivity index (χ1) is 19.3. The van der Waals surface area contributed by atoms with Crippen LogP contribution in [0.25, 0.3) is 76.9 Å². The second-order valence-corrected chi connectivity index (χ2v) is 10.2. The highest BCUT2D eigenvalue weighted by atomic mass is 16.3. The predicted octanol–water partition coefficient (Wildman–Crippen LogP) is 9.78. The number of fused-ring (bicyclic) bond motifs is 9. The maximum atomic E-state index is 6.26. The van der Waals surface area contributed by atoms with E-state index in [2.05, 4.69) is 130 Å². The Hall–Kier alpha value is -5.28. The third-order valence-electron chi connectivity index (χ3n) is 8.10. The summed E-state index contributed by atoms with van der Waals surface area (Å²) < 4.78 is 11.0. The van der Waals surface area contributed by atoms with Gasteiger partial charge in [-0.05, 0) is 60.7 Å². The Morgan fingerprint density at radius 1 is 0.333 bits per heavy atom. The van der Waals surface area contributed by atoms with Crippen LogP contribution in [0, 0.1) is 0 Å². The SMILES string of the molecule is c1ccc(-n2c3ccccc3c3cc(-n4c5ccccc5c5cc6oc7ccccc7c6cc54)ccc32)cc1. The normalized spacial score (nSPS) is 12.1. The van der Waals surface area contributed by atoms with Crippen LogP contribution in [0.3, 0.4) is 0 Å². The molecule has 6 aromatic carbocycles. The summed E-state index contributed by atoms with van der Waals surface area (Å²) in [5, 5.41) is 7.21. The summed E-state index contributed by atoms with van der Waals surface area (Å²) in [6, 6.07) is 47.6. The first kappa shape index (κ1) is 20.7. The number of hydrogen-bond donors (Lipinski definition) is 0. The topological polar surface area (TPSA) is 23.0 Å². The van der Waals surface area contributed by atoms with Crippen molar-refractivity contribution in [2.75, 3.05) is 0 Å². The molecule has 0 N–H and O–H groups in total. The first-order valence-corrected chi connectivity index (χ1v) is 13.3. The predicted molar refractivity (Wildman–Crippen MR) is 162 cm³/mol. The molecule has 182 valence electrons. The van der Waals surface area contributed by atoms with Crippen molar-refractivity contribution in [1.29, 1.82) is 0 Å². The summed E-state index contributed by atoms with van der Waals surface area (Å²) in [5.74, 6) is 0. The van der Waals surface area contributed by atoms with Crippen molar-refractivity contribution in [3.8, 4) is 11.4 Å². The van der Waals surface area contributed by atoms with Gasteiger partial charge in [-0.1, -0.05) is 72.8 Å². The van der Waals surface area contributed by atoms with Crippen LogP contribution in [0.4, 0.5) is 0 Å². The lowest BCUT2D eigenvalue weighted by molar-refractivity contribution is 0.669. The lowest BCUT2D eigenvalue weighted by Gasteiger charge is -2.10. The van der Waals surface area contributed by atoms with Gasteiger partial charge in [0.1, 0.15) is 11.2 Å². The van der Waals surface area contributed by atoms with Crippen molar-refractivity contribution in [3.63, 3.8) is 0 Å². The third-order valence-corrected chi connectivity index (χ3v) is 8.10. The zero-order valence-corrected chi connectivity index (χ0v) is 21.0. The Morgan fingerprint density at radius 2 is 0.923 bits per heavy atom. The number of rotatable bonds is 2. The minimum absolute atomic E-state index is 0.922. The van der Waals surface area contributed by atoms with Crippen LogP contribution in [0.1, 0.15) is 0 Å². The molecule has 0 aliphatic heterocycles. The molecular formula is C36H22N2O. The van der Waals surface area contributed by atoms with Gasteiger partial charge in [0, 0.05) is 43.7 Å². The van der Waals surface area contributed by atoms with Crippen molar-refractivity contribution >= 4 is 65.6 Å². The first-order valence-electron chi connectivity index (χ1n) is 13.3. The summed E-state index contributed by atoms with van der Waals surface area (Å²) in [4.78, 5) is 0. The standard InChI is InChI=1S/C36H22N2O/c1-2-10-23(11-3-1)37-31-15-7-4-12-25(31)28-20-24(18-19-33(28)37)38-32-16-8-5-13-26(32)29-22-36-30(21-34(29)38)27-14-6-9-17-35(27)39-36/h1-22H. The molecule has 3 heterocycles. The molecule has 9 rings (SSSR count). The fourth-order valence-corrected chi connectivity index (χ4v) is 6.42. The monoisotopic (exact) mass is 498 g/mol. The van der Waals surface area contributed by atoms with E-state index in [4.69, 9.17) is 4.42 Å². The molecule has 0 aliphatic carbocycles. The van der Waals surface area contributed by atoms with Gasteiger partial charge in [0.15, 0.2) is 0 Å². The van der Waals surface area contributed by atoms with E-state index in [9.17, 15) is 0 Å². The average Bonchev–Trinajstić information content (AvgIpc) is 3.63. The fraction of sp³-hybridized carbons (Fsp3) is 0. The quantitative estimate of drug-likeness (QED) is 0.233. The van der Waals surface area contributed by atoms with Crippen LogP contribution < -0.4 is 0 Å². The molecule has 0 unspecified atom stereocenters. The van der Waals surface area contributed by atoms with Crippen molar-refractivity contribution < 1.29 is 4.42 Å². The molecule has 0 aliphatic rings. The molecular weight excluding hydrogens is 476 g/mol. The minimum atomic E-state index is 0.922. The molecule has 0 saturated heterocycles. The van der Waals surface area contributed by atoms with Crippen LogP contribution >= 0.6 is 0 Å². The van der Waals surface area contributed by atoms with E-state index < -0.39 is 0 Å². The van der Waals surface area contributed by atoms with Crippen LogP contribution in [-0.4, -0.2) is 9.13 Å². The molecule has 3 aromatic heterocycles. The zero-order valence-electron chi connectivity index (χ0n) is 21.0. The van der Waals surface area contributed by atoms with E-state index in [1.165, 1.54) is 49.3 Å². The van der Waals surface area contributed by atoms with Gasteiger partial charge in [-0.2, -0.15) is 0 Å². The summed E-state index contributed by atoms with van der Waals surface area (Å²) in [6.07, 6.45) is 0. The van der Waals surface area contributed by atoms with E-state index >= 15 is 0 Å².